The van der Waals surface area contributed by atoms with E-state index in [-0.39, 0.29) is 17.4 Å². The smallest absolute Gasteiger partial charge is 0.241 e. The van der Waals surface area contributed by atoms with E-state index in [1.807, 2.05) is 64.1 Å². The topological polar surface area (TPSA) is 75.3 Å². The van der Waals surface area contributed by atoms with Crippen LogP contribution in [0.15, 0.2) is 71.6 Å². The van der Waals surface area contributed by atoms with Crippen molar-refractivity contribution in [3.05, 3.63) is 100 Å². The molecule has 0 fully saturated rings. The zero-order valence-corrected chi connectivity index (χ0v) is 20.0. The molecule has 174 valence electrons. The average molecular weight is 469 g/mol. The molecule has 2 atom stereocenters. The molecule has 3 aromatic rings. The Labute approximate surface area is 195 Å². The van der Waals surface area contributed by atoms with Gasteiger partial charge in [0.25, 0.3) is 0 Å². The summed E-state index contributed by atoms with van der Waals surface area (Å²) in [5.41, 5.74) is 5.14. The fourth-order valence-electron chi connectivity index (χ4n) is 3.75. The minimum absolute atomic E-state index is 0.104. The summed E-state index contributed by atoms with van der Waals surface area (Å²) in [5, 5.41) is 2.96. The first-order chi connectivity index (χ1) is 15.6. The normalized spacial score (nSPS) is 13.4. The van der Waals surface area contributed by atoms with E-state index in [4.69, 9.17) is 0 Å². The molecule has 0 spiro atoms. The summed E-state index contributed by atoms with van der Waals surface area (Å²) < 4.78 is 41.6. The molecule has 7 heteroatoms. The molecule has 0 bridgehead atoms. The predicted molar refractivity (Wildman–Crippen MR) is 128 cm³/mol. The Balaban J connectivity index is 1.86. The second-order valence-corrected chi connectivity index (χ2v) is 10.1. The van der Waals surface area contributed by atoms with Gasteiger partial charge in [0.2, 0.25) is 15.9 Å². The summed E-state index contributed by atoms with van der Waals surface area (Å²) in [4.78, 5) is 13.2. The lowest BCUT2D eigenvalue weighted by molar-refractivity contribution is -0.123. The van der Waals surface area contributed by atoms with Crippen molar-refractivity contribution in [2.24, 2.45) is 0 Å². The maximum Gasteiger partial charge on any atom is 0.241 e. The molecule has 0 aliphatic rings. The Hall–Kier alpha value is -3.03. The van der Waals surface area contributed by atoms with Gasteiger partial charge in [0.15, 0.2) is 0 Å². The lowest BCUT2D eigenvalue weighted by Crippen LogP contribution is -2.48. The van der Waals surface area contributed by atoms with Crippen LogP contribution in [-0.2, 0) is 21.2 Å². The van der Waals surface area contributed by atoms with Crippen molar-refractivity contribution in [3.63, 3.8) is 0 Å². The van der Waals surface area contributed by atoms with Gasteiger partial charge in [-0.25, -0.2) is 12.8 Å². The Morgan fingerprint density at radius 3 is 2.15 bits per heavy atom. The fraction of sp³-hybridized carbons (Fsp3) is 0.269. The second-order valence-electron chi connectivity index (χ2n) is 8.34. The van der Waals surface area contributed by atoms with E-state index >= 15 is 0 Å². The minimum atomic E-state index is -4.04. The number of benzene rings is 3. The first-order valence-electron chi connectivity index (χ1n) is 10.8. The van der Waals surface area contributed by atoms with Gasteiger partial charge in [-0.2, -0.15) is 4.72 Å². The molecule has 2 N–H and O–H groups in total. The standard InChI is InChI=1S/C26H29FN2O3S/c1-17-14-19(3)24(15-18(17)2)20(4)28-26(30)25(16-21-8-6-5-7-9-21)29-33(31,32)23-12-10-22(27)11-13-23/h5-15,20,25,29H,16H2,1-4H3,(H,28,30)/t20-,25-/m0/s1. The van der Waals surface area contributed by atoms with Crippen molar-refractivity contribution < 1.29 is 17.6 Å². The quantitative estimate of drug-likeness (QED) is 0.511. The first-order valence-corrected chi connectivity index (χ1v) is 12.2. The summed E-state index contributed by atoms with van der Waals surface area (Å²) in [5.74, 6) is -0.972. The minimum Gasteiger partial charge on any atom is -0.348 e. The number of halogens is 1. The Morgan fingerprint density at radius 2 is 1.52 bits per heavy atom. The van der Waals surface area contributed by atoms with E-state index in [1.54, 1.807) is 0 Å². The molecule has 3 rings (SSSR count). The van der Waals surface area contributed by atoms with Crippen LogP contribution in [0.1, 0.15) is 40.8 Å². The lowest BCUT2D eigenvalue weighted by atomic mass is 9.96. The second kappa shape index (κ2) is 10.3. The average Bonchev–Trinajstić information content (AvgIpc) is 2.76. The fourth-order valence-corrected chi connectivity index (χ4v) is 4.94. The molecule has 0 aliphatic carbocycles. The van der Waals surface area contributed by atoms with Crippen molar-refractivity contribution in [1.82, 2.24) is 10.0 Å². The third-order valence-corrected chi connectivity index (χ3v) is 7.22. The highest BCUT2D eigenvalue weighted by molar-refractivity contribution is 7.89. The highest BCUT2D eigenvalue weighted by Crippen LogP contribution is 2.22. The van der Waals surface area contributed by atoms with Gasteiger partial charge < -0.3 is 5.32 Å². The summed E-state index contributed by atoms with van der Waals surface area (Å²) in [6, 6.07) is 16.5. The molecule has 0 unspecified atom stereocenters. The molecule has 1 amide bonds. The number of amides is 1. The van der Waals surface area contributed by atoms with Crippen LogP contribution in [0.25, 0.3) is 0 Å². The van der Waals surface area contributed by atoms with E-state index in [1.165, 1.54) is 17.7 Å². The van der Waals surface area contributed by atoms with Crippen molar-refractivity contribution in [2.45, 2.75) is 51.1 Å². The highest BCUT2D eigenvalue weighted by Gasteiger charge is 2.27. The number of nitrogens with one attached hydrogen (secondary N) is 2. The van der Waals surface area contributed by atoms with Gasteiger partial charge in [0.05, 0.1) is 10.9 Å². The molecule has 0 aromatic heterocycles. The Kier molecular flexibility index (Phi) is 7.66. The van der Waals surface area contributed by atoms with E-state index in [2.05, 4.69) is 16.1 Å². The van der Waals surface area contributed by atoms with Gasteiger partial charge >= 0.3 is 0 Å². The summed E-state index contributed by atoms with van der Waals surface area (Å²) in [6.45, 7) is 7.92. The molecular formula is C26H29FN2O3S. The largest absolute Gasteiger partial charge is 0.348 e. The summed E-state index contributed by atoms with van der Waals surface area (Å²) >= 11 is 0. The monoisotopic (exact) mass is 468 g/mol. The number of sulfonamides is 1. The van der Waals surface area contributed by atoms with Gasteiger partial charge in [-0.3, -0.25) is 4.79 Å². The number of carbonyl (C=O) groups excluding carboxylic acids is 1. The molecule has 5 nitrogen and oxygen atoms in total. The maximum absolute atomic E-state index is 13.3. The van der Waals surface area contributed by atoms with Crippen LogP contribution < -0.4 is 10.0 Å². The van der Waals surface area contributed by atoms with Crippen molar-refractivity contribution in [1.29, 1.82) is 0 Å². The number of carbonyl (C=O) groups is 1. The van der Waals surface area contributed by atoms with Crippen molar-refractivity contribution in [3.8, 4) is 0 Å². The molecule has 0 aliphatic heterocycles. The summed E-state index contributed by atoms with van der Waals surface area (Å²) in [6.07, 6.45) is 0.172. The molecule has 3 aromatic carbocycles. The third-order valence-electron chi connectivity index (χ3n) is 5.73. The molecular weight excluding hydrogens is 439 g/mol. The lowest BCUT2D eigenvalue weighted by Gasteiger charge is -2.23. The van der Waals surface area contributed by atoms with Gasteiger partial charge in [-0.15, -0.1) is 0 Å². The Bertz CT molecular complexity index is 1230. The van der Waals surface area contributed by atoms with Crippen LogP contribution in [0.2, 0.25) is 0 Å². The molecule has 0 saturated heterocycles. The SMILES string of the molecule is Cc1cc(C)c([C@H](C)NC(=O)[C@H](Cc2ccccc2)NS(=O)(=O)c2ccc(F)cc2)cc1C. The summed E-state index contributed by atoms with van der Waals surface area (Å²) in [7, 11) is -4.04. The van der Waals surface area contributed by atoms with Crippen LogP contribution in [0, 0.1) is 26.6 Å². The zero-order valence-electron chi connectivity index (χ0n) is 19.2. The van der Waals surface area contributed by atoms with Gasteiger partial charge in [-0.05, 0) is 86.2 Å². The molecule has 0 heterocycles. The predicted octanol–water partition coefficient (Wildman–Crippen LogP) is 4.52. The first kappa shape index (κ1) is 24.6. The van der Waals surface area contributed by atoms with Crippen LogP contribution in [0.3, 0.4) is 0 Å². The van der Waals surface area contributed by atoms with Crippen LogP contribution in [0.4, 0.5) is 4.39 Å². The number of hydrogen-bond donors (Lipinski definition) is 2. The van der Waals surface area contributed by atoms with E-state index < -0.39 is 27.8 Å². The van der Waals surface area contributed by atoms with Crippen LogP contribution >= 0.6 is 0 Å². The van der Waals surface area contributed by atoms with Crippen LogP contribution in [-0.4, -0.2) is 20.4 Å². The van der Waals surface area contributed by atoms with E-state index in [0.29, 0.717) is 0 Å². The van der Waals surface area contributed by atoms with Crippen molar-refractivity contribution >= 4 is 15.9 Å². The highest BCUT2D eigenvalue weighted by atomic mass is 32.2. The van der Waals surface area contributed by atoms with Crippen molar-refractivity contribution in [2.75, 3.05) is 0 Å². The van der Waals surface area contributed by atoms with Gasteiger partial charge in [-0.1, -0.05) is 42.5 Å². The third kappa shape index (κ3) is 6.27. The Morgan fingerprint density at radius 1 is 0.909 bits per heavy atom. The van der Waals surface area contributed by atoms with E-state index in [9.17, 15) is 17.6 Å². The van der Waals surface area contributed by atoms with Gasteiger partial charge in [0.1, 0.15) is 11.9 Å². The van der Waals surface area contributed by atoms with E-state index in [0.717, 1.165) is 34.4 Å². The number of rotatable bonds is 8. The maximum atomic E-state index is 13.3. The number of hydrogen-bond acceptors (Lipinski definition) is 3. The molecule has 0 radical (unpaired) electrons. The van der Waals surface area contributed by atoms with Gasteiger partial charge in [0, 0.05) is 0 Å². The zero-order chi connectivity index (χ0) is 24.2. The van der Waals surface area contributed by atoms with Crippen LogP contribution in [0.5, 0.6) is 0 Å². The molecule has 0 saturated carbocycles. The number of aryl methyl sites for hydroxylation is 3. The molecule has 33 heavy (non-hydrogen) atoms.